The van der Waals surface area contributed by atoms with Crippen LogP contribution < -0.4 is 0 Å². The average molecular weight is 423 g/mol. The maximum atomic E-state index is 4.76. The number of likely N-dealkylation sites (N-methyl/N-ethyl adjacent to an activating group) is 1. The molecule has 0 bridgehead atoms. The van der Waals surface area contributed by atoms with Crippen LogP contribution in [0.5, 0.6) is 0 Å². The van der Waals surface area contributed by atoms with E-state index in [1.54, 1.807) is 0 Å². The molecule has 2 heterocycles. The molecule has 0 amide bonds. The second-order valence-electron chi connectivity index (χ2n) is 9.46. The largest absolute Gasteiger partial charge is 0.344 e. The van der Waals surface area contributed by atoms with Gasteiger partial charge in [-0.3, -0.25) is 9.88 Å². The van der Waals surface area contributed by atoms with Crippen LogP contribution in [0.15, 0.2) is 54.0 Å². The summed E-state index contributed by atoms with van der Waals surface area (Å²) in [5.41, 5.74) is 6.49. The van der Waals surface area contributed by atoms with E-state index in [4.69, 9.17) is 4.98 Å². The molecular formula is C27H42N4. The van der Waals surface area contributed by atoms with Gasteiger partial charge >= 0.3 is 0 Å². The summed E-state index contributed by atoms with van der Waals surface area (Å²) in [5.74, 6) is 0.678. The fraction of sp³-hybridized carbons (Fsp3) is 0.593. The van der Waals surface area contributed by atoms with Gasteiger partial charge in [-0.15, -0.1) is 0 Å². The third kappa shape index (κ3) is 5.87. The minimum atomic E-state index is 0.376. The average Bonchev–Trinajstić information content (AvgIpc) is 2.78. The van der Waals surface area contributed by atoms with Crippen molar-refractivity contribution >= 4 is 0 Å². The van der Waals surface area contributed by atoms with Gasteiger partial charge in [0.2, 0.25) is 0 Å². The van der Waals surface area contributed by atoms with Crippen LogP contribution >= 0.6 is 0 Å². The minimum absolute atomic E-state index is 0.376. The summed E-state index contributed by atoms with van der Waals surface area (Å²) in [7, 11) is 4.49. The minimum Gasteiger partial charge on any atom is -0.344 e. The first kappa shape index (κ1) is 23.7. The van der Waals surface area contributed by atoms with Gasteiger partial charge in [-0.2, -0.15) is 0 Å². The smallest absolute Gasteiger partial charge is 0.0607 e. The van der Waals surface area contributed by atoms with Crippen molar-refractivity contribution in [3.8, 4) is 0 Å². The lowest BCUT2D eigenvalue weighted by molar-refractivity contribution is 0.171. The molecule has 0 saturated carbocycles. The lowest BCUT2D eigenvalue weighted by Gasteiger charge is -2.39. The van der Waals surface area contributed by atoms with Gasteiger partial charge in [-0.1, -0.05) is 24.8 Å². The summed E-state index contributed by atoms with van der Waals surface area (Å²) in [6, 6.07) is 4.69. The molecule has 1 aliphatic heterocycles. The van der Waals surface area contributed by atoms with Crippen LogP contribution in [-0.4, -0.2) is 60.0 Å². The van der Waals surface area contributed by atoms with Crippen LogP contribution in [0.3, 0.4) is 0 Å². The Bertz CT molecular complexity index is 809. The van der Waals surface area contributed by atoms with Gasteiger partial charge in [-0.05, 0) is 96.6 Å². The number of pyridine rings is 1. The normalized spacial score (nSPS) is 23.0. The molecule has 2 atom stereocenters. The number of hydrogen-bond donors (Lipinski definition) is 0. The second kappa shape index (κ2) is 11.1. The third-order valence-electron chi connectivity index (χ3n) is 7.08. The van der Waals surface area contributed by atoms with Gasteiger partial charge in [0.15, 0.2) is 0 Å². The third-order valence-corrected chi connectivity index (χ3v) is 7.08. The summed E-state index contributed by atoms with van der Waals surface area (Å²) < 4.78 is 0. The first-order valence-electron chi connectivity index (χ1n) is 12.0. The van der Waals surface area contributed by atoms with Crippen LogP contribution in [-0.2, 0) is 6.42 Å². The Morgan fingerprint density at radius 1 is 1.26 bits per heavy atom. The van der Waals surface area contributed by atoms with Gasteiger partial charge in [-0.25, -0.2) is 0 Å². The molecule has 1 fully saturated rings. The van der Waals surface area contributed by atoms with E-state index < -0.39 is 0 Å². The quantitative estimate of drug-likeness (QED) is 0.522. The highest BCUT2D eigenvalue weighted by atomic mass is 15.2. The molecule has 31 heavy (non-hydrogen) atoms. The van der Waals surface area contributed by atoms with Gasteiger partial charge in [0.25, 0.3) is 0 Å². The van der Waals surface area contributed by atoms with Crippen LogP contribution in [0.1, 0.15) is 63.8 Å². The van der Waals surface area contributed by atoms with Crippen molar-refractivity contribution in [2.24, 2.45) is 5.92 Å². The maximum absolute atomic E-state index is 4.76. The number of nitrogens with zero attached hydrogens (tertiary/aromatic N) is 4. The number of hydrogen-bond acceptors (Lipinski definition) is 4. The molecule has 3 rings (SSSR count). The lowest BCUT2D eigenvalue weighted by Crippen LogP contribution is -2.41. The zero-order valence-corrected chi connectivity index (χ0v) is 20.4. The van der Waals surface area contributed by atoms with E-state index in [0.717, 1.165) is 19.5 Å². The fourth-order valence-corrected chi connectivity index (χ4v) is 5.32. The molecule has 1 aromatic rings. The SMILES string of the molecule is C=C(CN(C)C1CCCc2cccnc21)N(CC1CCCN(C)C1)C(=C/C)/C(C)=C\C. The van der Waals surface area contributed by atoms with Gasteiger partial charge in [0.1, 0.15) is 0 Å². The Balaban J connectivity index is 1.78. The van der Waals surface area contributed by atoms with Gasteiger partial charge in [0, 0.05) is 37.2 Å². The number of aryl methyl sites for hydroxylation is 1. The van der Waals surface area contributed by atoms with Crippen molar-refractivity contribution in [1.82, 2.24) is 19.7 Å². The monoisotopic (exact) mass is 422 g/mol. The molecule has 4 nitrogen and oxygen atoms in total. The molecule has 0 spiro atoms. The summed E-state index contributed by atoms with van der Waals surface area (Å²) in [6.45, 7) is 15.4. The Labute approximate surface area is 190 Å². The zero-order chi connectivity index (χ0) is 22.4. The maximum Gasteiger partial charge on any atom is 0.0607 e. The number of fused-ring (bicyclic) bond motifs is 1. The molecule has 1 aliphatic carbocycles. The van der Waals surface area contributed by atoms with Crippen LogP contribution in [0.2, 0.25) is 0 Å². The fourth-order valence-electron chi connectivity index (χ4n) is 5.32. The van der Waals surface area contributed by atoms with E-state index in [1.807, 2.05) is 6.20 Å². The van der Waals surface area contributed by atoms with Crippen molar-refractivity contribution in [3.63, 3.8) is 0 Å². The van der Waals surface area contributed by atoms with E-state index in [1.165, 1.54) is 67.0 Å². The number of aromatic nitrogens is 1. The summed E-state index contributed by atoms with van der Waals surface area (Å²) in [5, 5.41) is 0. The van der Waals surface area contributed by atoms with Crippen molar-refractivity contribution in [3.05, 3.63) is 65.3 Å². The van der Waals surface area contributed by atoms with Crippen LogP contribution in [0.25, 0.3) is 0 Å². The predicted molar refractivity (Wildman–Crippen MR) is 132 cm³/mol. The molecule has 0 radical (unpaired) electrons. The van der Waals surface area contributed by atoms with Gasteiger partial charge in [0.05, 0.1) is 11.7 Å². The molecule has 2 aliphatic rings. The van der Waals surface area contributed by atoms with Crippen molar-refractivity contribution < 1.29 is 0 Å². The zero-order valence-electron chi connectivity index (χ0n) is 20.4. The number of likely N-dealkylation sites (tertiary alicyclic amines) is 1. The number of allylic oxidation sites excluding steroid dienone is 3. The highest BCUT2D eigenvalue weighted by molar-refractivity contribution is 5.31. The molecule has 0 N–H and O–H groups in total. The summed E-state index contributed by atoms with van der Waals surface area (Å²) in [4.78, 5) is 12.2. The Morgan fingerprint density at radius 3 is 2.77 bits per heavy atom. The molecule has 2 unspecified atom stereocenters. The Hall–Kier alpha value is -1.91. The second-order valence-corrected chi connectivity index (χ2v) is 9.46. The topological polar surface area (TPSA) is 22.6 Å². The number of rotatable bonds is 8. The van der Waals surface area contributed by atoms with E-state index in [0.29, 0.717) is 12.0 Å². The Morgan fingerprint density at radius 2 is 2.06 bits per heavy atom. The molecular weight excluding hydrogens is 380 g/mol. The Kier molecular flexibility index (Phi) is 8.50. The highest BCUT2D eigenvalue weighted by Crippen LogP contribution is 2.33. The van der Waals surface area contributed by atoms with Gasteiger partial charge < -0.3 is 9.80 Å². The first-order chi connectivity index (χ1) is 14.9. The summed E-state index contributed by atoms with van der Waals surface area (Å²) in [6.07, 6.45) is 12.6. The van der Waals surface area contributed by atoms with E-state index >= 15 is 0 Å². The molecule has 1 aromatic heterocycles. The molecule has 0 aromatic carbocycles. The lowest BCUT2D eigenvalue weighted by atomic mass is 9.91. The van der Waals surface area contributed by atoms with Crippen LogP contribution in [0, 0.1) is 5.92 Å². The van der Waals surface area contributed by atoms with Crippen molar-refractivity contribution in [1.29, 1.82) is 0 Å². The van der Waals surface area contributed by atoms with E-state index in [2.05, 4.69) is 80.4 Å². The van der Waals surface area contributed by atoms with E-state index in [-0.39, 0.29) is 0 Å². The molecule has 1 saturated heterocycles. The standard InChI is InChI=1S/C27H42N4/c1-7-21(3)25(8-2)31(20-23-12-11-17-29(5)19-23)22(4)18-30(6)26-15-9-13-24-14-10-16-28-27(24)26/h7-8,10,14,16,23,26H,4,9,11-13,15,17-20H2,1-3,5-6H3/b21-7-,25-8+. The van der Waals surface area contributed by atoms with Crippen molar-refractivity contribution in [2.75, 3.05) is 40.3 Å². The molecule has 170 valence electrons. The summed E-state index contributed by atoms with van der Waals surface area (Å²) >= 11 is 0. The highest BCUT2D eigenvalue weighted by Gasteiger charge is 2.28. The predicted octanol–water partition coefficient (Wildman–Crippen LogP) is 5.42. The van der Waals surface area contributed by atoms with E-state index in [9.17, 15) is 0 Å². The molecule has 4 heteroatoms. The first-order valence-corrected chi connectivity index (χ1v) is 12.0. The number of piperidine rings is 1. The van der Waals surface area contributed by atoms with Crippen molar-refractivity contribution in [2.45, 2.75) is 58.9 Å². The van der Waals surface area contributed by atoms with Crippen LogP contribution in [0.4, 0.5) is 0 Å².